The van der Waals surface area contributed by atoms with Crippen molar-refractivity contribution in [3.63, 3.8) is 0 Å². The predicted molar refractivity (Wildman–Crippen MR) is 130 cm³/mol. The Balaban J connectivity index is 1.52. The summed E-state index contributed by atoms with van der Waals surface area (Å²) >= 11 is 0. The van der Waals surface area contributed by atoms with Gasteiger partial charge >= 0.3 is 6.09 Å². The number of amides is 1. The summed E-state index contributed by atoms with van der Waals surface area (Å²) in [7, 11) is 1.88. The summed E-state index contributed by atoms with van der Waals surface area (Å²) in [4.78, 5) is 21.1. The largest absolute Gasteiger partial charge is 0.446 e. The van der Waals surface area contributed by atoms with Gasteiger partial charge in [-0.25, -0.2) is 19.4 Å². The topological polar surface area (TPSA) is 112 Å². The van der Waals surface area contributed by atoms with E-state index < -0.39 is 0 Å². The van der Waals surface area contributed by atoms with Gasteiger partial charge in [0.1, 0.15) is 11.9 Å². The Morgan fingerprint density at radius 3 is 2.74 bits per heavy atom. The van der Waals surface area contributed by atoms with Crippen LogP contribution in [0.1, 0.15) is 65.5 Å². The van der Waals surface area contributed by atoms with Gasteiger partial charge in [0.25, 0.3) is 0 Å². The summed E-state index contributed by atoms with van der Waals surface area (Å²) in [6, 6.07) is 3.98. The monoisotopic (exact) mass is 466 g/mol. The molecule has 3 aromatic heterocycles. The molecule has 0 bridgehead atoms. The van der Waals surface area contributed by atoms with Gasteiger partial charge in [-0.3, -0.25) is 4.68 Å². The van der Waals surface area contributed by atoms with Gasteiger partial charge in [0, 0.05) is 43.0 Å². The van der Waals surface area contributed by atoms with Gasteiger partial charge in [-0.15, -0.1) is 0 Å². The minimum Gasteiger partial charge on any atom is -0.446 e. The van der Waals surface area contributed by atoms with Crippen molar-refractivity contribution in [2.24, 2.45) is 7.05 Å². The molecule has 1 fully saturated rings. The van der Waals surface area contributed by atoms with Crippen molar-refractivity contribution < 1.29 is 9.53 Å². The molecule has 0 spiro atoms. The highest BCUT2D eigenvalue weighted by atomic mass is 16.6. The first-order chi connectivity index (χ1) is 16.1. The molecular weight excluding hydrogens is 432 g/mol. The van der Waals surface area contributed by atoms with Crippen LogP contribution in [0.3, 0.4) is 0 Å². The first-order valence-corrected chi connectivity index (χ1v) is 11.7. The quantitative estimate of drug-likeness (QED) is 0.556. The molecule has 1 saturated carbocycles. The van der Waals surface area contributed by atoms with Crippen molar-refractivity contribution in [1.82, 2.24) is 34.8 Å². The second-order valence-corrected chi connectivity index (χ2v) is 10.2. The molecule has 10 heteroatoms. The highest BCUT2D eigenvalue weighted by Gasteiger charge is 2.32. The molecule has 0 unspecified atom stereocenters. The van der Waals surface area contributed by atoms with E-state index >= 15 is 0 Å². The Bertz CT molecular complexity index is 1140. The third-order valence-corrected chi connectivity index (χ3v) is 5.74. The molecule has 0 saturated heterocycles. The molecule has 2 N–H and O–H groups in total. The second kappa shape index (κ2) is 9.44. The van der Waals surface area contributed by atoms with Crippen LogP contribution < -0.4 is 10.6 Å². The number of carbonyl (C=O) groups excluding carboxylic acids is 1. The Morgan fingerprint density at radius 1 is 1.26 bits per heavy atom. The number of nitrogens with one attached hydrogen (secondary N) is 2. The van der Waals surface area contributed by atoms with Crippen molar-refractivity contribution in [1.29, 1.82) is 0 Å². The van der Waals surface area contributed by atoms with Gasteiger partial charge in [0.05, 0.1) is 23.1 Å². The summed E-state index contributed by atoms with van der Waals surface area (Å²) < 4.78 is 9.32. The summed E-state index contributed by atoms with van der Waals surface area (Å²) in [6.45, 7) is 10.2. The fourth-order valence-corrected chi connectivity index (χ4v) is 4.18. The number of nitrogens with zero attached hydrogens (tertiary/aromatic N) is 6. The number of carbonyl (C=O) groups is 1. The zero-order chi connectivity index (χ0) is 24.5. The minimum atomic E-state index is -0.353. The number of alkyl carbamates (subject to hydrolysis) is 1. The molecule has 10 nitrogen and oxygen atoms in total. The fraction of sp³-hybridized carbons (Fsp3) is 0.542. The Hall–Kier alpha value is -3.43. The van der Waals surface area contributed by atoms with Gasteiger partial charge in [-0.1, -0.05) is 0 Å². The molecule has 182 valence electrons. The molecule has 0 aliphatic heterocycles. The normalized spacial score (nSPS) is 18.3. The van der Waals surface area contributed by atoms with Crippen LogP contribution in [0.25, 0.3) is 11.3 Å². The van der Waals surface area contributed by atoms with E-state index in [-0.39, 0.29) is 29.7 Å². The highest BCUT2D eigenvalue weighted by Crippen LogP contribution is 2.37. The van der Waals surface area contributed by atoms with Crippen molar-refractivity contribution in [2.45, 2.75) is 77.5 Å². The number of aromatic nitrogens is 6. The molecule has 3 heterocycles. The number of hydrogen-bond donors (Lipinski definition) is 2. The molecule has 1 amide bonds. The van der Waals surface area contributed by atoms with Crippen molar-refractivity contribution >= 4 is 17.9 Å². The van der Waals surface area contributed by atoms with Gasteiger partial charge in [-0.2, -0.15) is 10.2 Å². The number of hydrogen-bond acceptors (Lipinski definition) is 7. The Morgan fingerprint density at radius 2 is 2.06 bits per heavy atom. The van der Waals surface area contributed by atoms with Crippen LogP contribution in [0.15, 0.2) is 30.7 Å². The highest BCUT2D eigenvalue weighted by molar-refractivity contribution is 5.67. The standard InChI is InChI=1S/C24H34N8O2/c1-15(2)27-23(33)34-18-8-7-16(11-18)20-12-21(32(30-20)24(3,4)5)29-22-25-10-9-19(28-22)17-13-26-31(6)14-17/h9-10,12-16,18H,7-8,11H2,1-6H3,(H,27,33)(H,25,28,29)/t16-,18+/m0/s1. The van der Waals surface area contributed by atoms with Crippen LogP contribution in [0.4, 0.5) is 16.6 Å². The smallest absolute Gasteiger partial charge is 0.407 e. The lowest BCUT2D eigenvalue weighted by atomic mass is 10.0. The third-order valence-electron chi connectivity index (χ3n) is 5.74. The Kier molecular flexibility index (Phi) is 6.58. The van der Waals surface area contributed by atoms with Crippen molar-refractivity contribution in [3.05, 3.63) is 36.4 Å². The van der Waals surface area contributed by atoms with E-state index in [1.165, 1.54) is 0 Å². The van der Waals surface area contributed by atoms with Crippen LogP contribution in [0.5, 0.6) is 0 Å². The molecule has 3 aromatic rings. The lowest BCUT2D eigenvalue weighted by Gasteiger charge is -2.22. The van der Waals surface area contributed by atoms with Gasteiger partial charge in [0.15, 0.2) is 0 Å². The van der Waals surface area contributed by atoms with Crippen LogP contribution in [-0.2, 0) is 17.3 Å². The lowest BCUT2D eigenvalue weighted by molar-refractivity contribution is 0.0981. The fourth-order valence-electron chi connectivity index (χ4n) is 4.18. The summed E-state index contributed by atoms with van der Waals surface area (Å²) in [5, 5.41) is 15.3. The van der Waals surface area contributed by atoms with Crippen molar-refractivity contribution in [2.75, 3.05) is 5.32 Å². The molecule has 0 aromatic carbocycles. The SMILES string of the molecule is CC(C)NC(=O)O[C@@H]1CC[C@H](c2cc(Nc3nccc(-c4cnn(C)c4)n3)n(C(C)(C)C)n2)C1. The molecule has 34 heavy (non-hydrogen) atoms. The lowest BCUT2D eigenvalue weighted by Crippen LogP contribution is -2.33. The van der Waals surface area contributed by atoms with E-state index in [2.05, 4.69) is 52.5 Å². The van der Waals surface area contributed by atoms with Crippen LogP contribution in [0.2, 0.25) is 0 Å². The second-order valence-electron chi connectivity index (χ2n) is 10.2. The molecule has 0 radical (unpaired) electrons. The first-order valence-electron chi connectivity index (χ1n) is 11.7. The Labute approximate surface area is 200 Å². The summed E-state index contributed by atoms with van der Waals surface area (Å²) in [6.07, 6.45) is 7.50. The maximum atomic E-state index is 12.0. The van der Waals surface area contributed by atoms with Crippen LogP contribution >= 0.6 is 0 Å². The average Bonchev–Trinajstić information content (AvgIpc) is 3.47. The van der Waals surface area contributed by atoms with Gasteiger partial charge < -0.3 is 15.4 Å². The molecule has 2 atom stereocenters. The number of anilines is 2. The molecule has 1 aliphatic carbocycles. The van der Waals surface area contributed by atoms with E-state index in [1.54, 1.807) is 17.1 Å². The van der Waals surface area contributed by atoms with Crippen LogP contribution in [-0.4, -0.2) is 47.8 Å². The van der Waals surface area contributed by atoms with E-state index in [9.17, 15) is 4.79 Å². The zero-order valence-electron chi connectivity index (χ0n) is 20.7. The zero-order valence-corrected chi connectivity index (χ0v) is 20.7. The number of aryl methyl sites for hydroxylation is 1. The minimum absolute atomic E-state index is 0.0553. The first kappa shape index (κ1) is 23.7. The molecule has 1 aliphatic rings. The van der Waals surface area contributed by atoms with E-state index in [0.29, 0.717) is 5.95 Å². The third kappa shape index (κ3) is 5.55. The summed E-state index contributed by atoms with van der Waals surface area (Å²) in [5.74, 6) is 1.55. The maximum Gasteiger partial charge on any atom is 0.407 e. The molecular formula is C24H34N8O2. The number of rotatable bonds is 6. The molecule has 4 rings (SSSR count). The number of ether oxygens (including phenoxy) is 1. The average molecular weight is 467 g/mol. The van der Waals surface area contributed by atoms with Crippen molar-refractivity contribution in [3.8, 4) is 11.3 Å². The van der Waals surface area contributed by atoms with Gasteiger partial charge in [0.2, 0.25) is 5.95 Å². The maximum absolute atomic E-state index is 12.0. The van der Waals surface area contributed by atoms with Crippen LogP contribution in [0, 0.1) is 0 Å². The van der Waals surface area contributed by atoms with E-state index in [0.717, 1.165) is 42.0 Å². The summed E-state index contributed by atoms with van der Waals surface area (Å²) in [5.41, 5.74) is 2.46. The van der Waals surface area contributed by atoms with Gasteiger partial charge in [-0.05, 0) is 59.9 Å². The van der Waals surface area contributed by atoms with E-state index in [1.807, 2.05) is 37.8 Å². The predicted octanol–water partition coefficient (Wildman–Crippen LogP) is 4.34. The van der Waals surface area contributed by atoms with E-state index in [4.69, 9.17) is 9.84 Å².